The van der Waals surface area contributed by atoms with Crippen LogP contribution in [0.3, 0.4) is 0 Å². The third-order valence-electron chi connectivity index (χ3n) is 3.71. The van der Waals surface area contributed by atoms with Crippen molar-refractivity contribution in [3.8, 4) is 0 Å². The van der Waals surface area contributed by atoms with Crippen LogP contribution in [0.5, 0.6) is 0 Å². The molecule has 2 unspecified atom stereocenters. The monoisotopic (exact) mass is 297 g/mol. The van der Waals surface area contributed by atoms with Crippen LogP contribution >= 0.6 is 11.3 Å². The topological polar surface area (TPSA) is 37.4 Å². The van der Waals surface area contributed by atoms with E-state index < -0.39 is 0 Å². The normalized spacial score (nSPS) is 21.1. The van der Waals surface area contributed by atoms with Gasteiger partial charge in [-0.25, -0.2) is 4.98 Å². The zero-order valence-corrected chi connectivity index (χ0v) is 13.7. The quantitative estimate of drug-likeness (QED) is 0.838. The minimum atomic E-state index is 0.340. The van der Waals surface area contributed by atoms with E-state index >= 15 is 0 Å². The second-order valence-electron chi connectivity index (χ2n) is 5.40. The van der Waals surface area contributed by atoms with Crippen LogP contribution in [0.1, 0.15) is 51.8 Å². The Morgan fingerprint density at radius 1 is 1.55 bits per heavy atom. The van der Waals surface area contributed by atoms with Crippen LogP contribution in [0.4, 0.5) is 5.13 Å². The van der Waals surface area contributed by atoms with Crippen molar-refractivity contribution in [2.24, 2.45) is 0 Å². The van der Waals surface area contributed by atoms with E-state index in [9.17, 15) is 0 Å². The maximum absolute atomic E-state index is 5.76. The molecule has 20 heavy (non-hydrogen) atoms. The molecule has 0 radical (unpaired) electrons. The van der Waals surface area contributed by atoms with Crippen molar-refractivity contribution in [3.63, 3.8) is 0 Å². The molecule has 1 fully saturated rings. The third kappa shape index (κ3) is 4.17. The van der Waals surface area contributed by atoms with Crippen molar-refractivity contribution in [3.05, 3.63) is 11.1 Å². The van der Waals surface area contributed by atoms with E-state index in [1.165, 1.54) is 12.8 Å². The highest BCUT2D eigenvalue weighted by atomic mass is 32.1. The van der Waals surface area contributed by atoms with Crippen LogP contribution in [0.25, 0.3) is 0 Å². The summed E-state index contributed by atoms with van der Waals surface area (Å²) in [6.45, 7) is 10.4. The first-order valence-electron chi connectivity index (χ1n) is 7.80. The van der Waals surface area contributed by atoms with Crippen LogP contribution in [-0.4, -0.2) is 37.3 Å². The summed E-state index contributed by atoms with van der Waals surface area (Å²) in [5.74, 6) is 0. The van der Waals surface area contributed by atoms with Crippen molar-refractivity contribution in [2.45, 2.75) is 52.2 Å². The zero-order chi connectivity index (χ0) is 14.4. The Hall–Kier alpha value is -0.650. The second-order valence-corrected chi connectivity index (χ2v) is 6.23. The van der Waals surface area contributed by atoms with Gasteiger partial charge in [-0.3, -0.25) is 0 Å². The number of hydrogen-bond acceptors (Lipinski definition) is 5. The summed E-state index contributed by atoms with van der Waals surface area (Å²) in [7, 11) is 0. The number of nitrogens with zero attached hydrogens (tertiary/aromatic N) is 2. The molecule has 0 spiro atoms. The summed E-state index contributed by atoms with van der Waals surface area (Å²) in [5.41, 5.74) is 1.16. The Labute approximate surface area is 126 Å². The summed E-state index contributed by atoms with van der Waals surface area (Å²) < 4.78 is 5.76. The van der Waals surface area contributed by atoms with Crippen molar-refractivity contribution in [2.75, 3.05) is 31.1 Å². The maximum Gasteiger partial charge on any atom is 0.185 e. The van der Waals surface area contributed by atoms with E-state index in [0.717, 1.165) is 43.5 Å². The molecule has 0 bridgehead atoms. The van der Waals surface area contributed by atoms with Gasteiger partial charge < -0.3 is 15.0 Å². The molecule has 2 atom stereocenters. The molecule has 4 nitrogen and oxygen atoms in total. The van der Waals surface area contributed by atoms with E-state index in [2.05, 4.69) is 36.4 Å². The lowest BCUT2D eigenvalue weighted by molar-refractivity contribution is 0.0526. The molecule has 0 aliphatic carbocycles. The van der Waals surface area contributed by atoms with Crippen LogP contribution in [0.2, 0.25) is 0 Å². The summed E-state index contributed by atoms with van der Waals surface area (Å²) in [4.78, 5) is 7.19. The highest BCUT2D eigenvalue weighted by molar-refractivity contribution is 7.13. The Balaban J connectivity index is 1.93. The van der Waals surface area contributed by atoms with Gasteiger partial charge in [-0.05, 0) is 39.7 Å². The highest BCUT2D eigenvalue weighted by Gasteiger charge is 2.22. The number of aromatic nitrogens is 1. The molecule has 1 aliphatic heterocycles. The molecule has 0 saturated carbocycles. The van der Waals surface area contributed by atoms with Crippen molar-refractivity contribution < 1.29 is 4.74 Å². The number of anilines is 1. The number of nitrogens with one attached hydrogen (secondary N) is 1. The Morgan fingerprint density at radius 2 is 2.40 bits per heavy atom. The Morgan fingerprint density at radius 3 is 3.15 bits per heavy atom. The molecule has 1 aromatic heterocycles. The minimum absolute atomic E-state index is 0.340. The molecule has 1 aliphatic rings. The molecular weight excluding hydrogens is 270 g/mol. The average molecular weight is 297 g/mol. The Bertz CT molecular complexity index is 394. The van der Waals surface area contributed by atoms with Gasteiger partial charge in [0.05, 0.1) is 11.8 Å². The summed E-state index contributed by atoms with van der Waals surface area (Å²) in [6, 6.07) is 0.340. The highest BCUT2D eigenvalue weighted by Crippen LogP contribution is 2.27. The molecule has 5 heteroatoms. The fourth-order valence-electron chi connectivity index (χ4n) is 2.57. The van der Waals surface area contributed by atoms with Crippen molar-refractivity contribution in [1.82, 2.24) is 10.3 Å². The number of thiazole rings is 1. The van der Waals surface area contributed by atoms with Crippen molar-refractivity contribution >= 4 is 16.5 Å². The van der Waals surface area contributed by atoms with Gasteiger partial charge in [0.25, 0.3) is 0 Å². The SMILES string of the molecule is CCCNC(C)c1csc(N2CCCC(OCC)C2)n1. The standard InChI is InChI=1S/C15H27N3OS/c1-4-8-16-12(3)14-11-20-15(17-14)18-9-6-7-13(10-18)19-5-2/h11-13,16H,4-10H2,1-3H3. The number of hydrogen-bond donors (Lipinski definition) is 1. The minimum Gasteiger partial charge on any atom is -0.377 e. The van der Waals surface area contributed by atoms with Gasteiger partial charge in [-0.15, -0.1) is 11.3 Å². The van der Waals surface area contributed by atoms with Gasteiger partial charge in [-0.1, -0.05) is 6.92 Å². The van der Waals surface area contributed by atoms with Gasteiger partial charge in [0.1, 0.15) is 0 Å². The first-order valence-corrected chi connectivity index (χ1v) is 8.67. The number of rotatable bonds is 7. The van der Waals surface area contributed by atoms with Gasteiger partial charge in [-0.2, -0.15) is 0 Å². The van der Waals surface area contributed by atoms with E-state index in [4.69, 9.17) is 9.72 Å². The fourth-order valence-corrected chi connectivity index (χ4v) is 3.53. The molecule has 1 aromatic rings. The molecule has 1 saturated heterocycles. The van der Waals surface area contributed by atoms with Crippen LogP contribution in [-0.2, 0) is 4.74 Å². The van der Waals surface area contributed by atoms with Gasteiger partial charge in [0, 0.05) is 31.1 Å². The molecule has 1 N–H and O–H groups in total. The van der Waals surface area contributed by atoms with Crippen LogP contribution < -0.4 is 10.2 Å². The van der Waals surface area contributed by atoms with Gasteiger partial charge in [0.15, 0.2) is 5.13 Å². The van der Waals surface area contributed by atoms with E-state index in [0.29, 0.717) is 12.1 Å². The summed E-state index contributed by atoms with van der Waals surface area (Å²) in [5, 5.41) is 6.83. The first-order chi connectivity index (χ1) is 9.74. The molecule has 114 valence electrons. The number of ether oxygens (including phenoxy) is 1. The van der Waals surface area contributed by atoms with Gasteiger partial charge in [0.2, 0.25) is 0 Å². The van der Waals surface area contributed by atoms with E-state index in [-0.39, 0.29) is 0 Å². The number of piperidine rings is 1. The summed E-state index contributed by atoms with van der Waals surface area (Å²) in [6.07, 6.45) is 3.90. The van der Waals surface area contributed by atoms with Crippen LogP contribution in [0, 0.1) is 0 Å². The molecule has 2 rings (SSSR count). The van der Waals surface area contributed by atoms with Crippen molar-refractivity contribution in [1.29, 1.82) is 0 Å². The van der Waals surface area contributed by atoms with Gasteiger partial charge >= 0.3 is 0 Å². The fraction of sp³-hybridized carbons (Fsp3) is 0.800. The molecule has 0 aromatic carbocycles. The van der Waals surface area contributed by atoms with E-state index in [1.807, 2.05) is 0 Å². The molecule has 0 amide bonds. The zero-order valence-electron chi connectivity index (χ0n) is 12.9. The lowest BCUT2D eigenvalue weighted by Gasteiger charge is -2.32. The predicted octanol–water partition coefficient (Wildman–Crippen LogP) is 3.21. The largest absolute Gasteiger partial charge is 0.377 e. The maximum atomic E-state index is 5.76. The average Bonchev–Trinajstić information content (AvgIpc) is 2.95. The lowest BCUT2D eigenvalue weighted by atomic mass is 10.1. The Kier molecular flexibility index (Phi) is 6.26. The predicted molar refractivity (Wildman–Crippen MR) is 85.7 cm³/mol. The van der Waals surface area contributed by atoms with E-state index in [1.54, 1.807) is 11.3 Å². The summed E-state index contributed by atoms with van der Waals surface area (Å²) >= 11 is 1.76. The first kappa shape index (κ1) is 15.7. The molecule has 2 heterocycles. The second kappa shape index (κ2) is 7.96. The van der Waals surface area contributed by atoms with Crippen LogP contribution in [0.15, 0.2) is 5.38 Å². The third-order valence-corrected chi connectivity index (χ3v) is 4.62. The lowest BCUT2D eigenvalue weighted by Crippen LogP contribution is -2.39. The smallest absolute Gasteiger partial charge is 0.185 e. The molecular formula is C15H27N3OS.